The lowest BCUT2D eigenvalue weighted by Crippen LogP contribution is -2.68. The lowest BCUT2D eigenvalue weighted by atomic mass is 9.88. The highest BCUT2D eigenvalue weighted by Gasteiger charge is 2.44. The minimum absolute atomic E-state index is 0.197. The Bertz CT molecular complexity index is 1400. The molecule has 192 valence electrons. The number of rotatable bonds is 5. The molecule has 4 aromatic rings. The van der Waals surface area contributed by atoms with E-state index in [0.29, 0.717) is 23.9 Å². The highest BCUT2D eigenvalue weighted by atomic mass is 35.5. The van der Waals surface area contributed by atoms with E-state index in [4.69, 9.17) is 11.6 Å². The SMILES string of the molecule is Cc1ccc(Nc2nc(-c3sc(C)nc3C)cs2)nc1.O=CN1[C@@H]2C[C@H]1CN(c1ncc(Cl)cc1F)C2. The Morgan fingerprint density at radius 1 is 1.14 bits per heavy atom. The van der Waals surface area contributed by atoms with Crippen LogP contribution < -0.4 is 10.2 Å². The van der Waals surface area contributed by atoms with E-state index >= 15 is 0 Å². The summed E-state index contributed by atoms with van der Waals surface area (Å²) in [7, 11) is 0. The summed E-state index contributed by atoms with van der Waals surface area (Å²) < 4.78 is 13.7. The second-order valence-electron chi connectivity index (χ2n) is 8.99. The largest absolute Gasteiger partial charge is 0.350 e. The van der Waals surface area contributed by atoms with Gasteiger partial charge in [0.25, 0.3) is 0 Å². The Labute approximate surface area is 227 Å². The Hall–Kier alpha value is -3.15. The van der Waals surface area contributed by atoms with Crippen LogP contribution in [0.3, 0.4) is 0 Å². The third-order valence-corrected chi connectivity index (χ3v) is 8.31. The zero-order valence-corrected chi connectivity index (χ0v) is 22.9. The van der Waals surface area contributed by atoms with E-state index in [1.54, 1.807) is 27.6 Å². The van der Waals surface area contributed by atoms with Crippen molar-refractivity contribution in [2.24, 2.45) is 0 Å². The normalized spacial score (nSPS) is 18.1. The van der Waals surface area contributed by atoms with Crippen LogP contribution in [-0.4, -0.2) is 56.4 Å². The molecule has 12 heteroatoms. The molecule has 1 N–H and O–H groups in total. The maximum atomic E-state index is 13.7. The van der Waals surface area contributed by atoms with Gasteiger partial charge in [-0.2, -0.15) is 0 Å². The highest BCUT2D eigenvalue weighted by molar-refractivity contribution is 7.16. The first-order chi connectivity index (χ1) is 17.8. The molecule has 7 rings (SSSR count). The molecule has 2 bridgehead atoms. The number of carbonyl (C=O) groups is 1. The van der Waals surface area contributed by atoms with Crippen molar-refractivity contribution in [3.8, 4) is 10.6 Å². The van der Waals surface area contributed by atoms with Gasteiger partial charge in [-0.15, -0.1) is 22.7 Å². The molecule has 0 spiro atoms. The van der Waals surface area contributed by atoms with Crippen molar-refractivity contribution < 1.29 is 9.18 Å². The number of thiazole rings is 2. The molecule has 3 saturated heterocycles. The van der Waals surface area contributed by atoms with Gasteiger partial charge >= 0.3 is 0 Å². The number of piperidine rings is 1. The van der Waals surface area contributed by atoms with Gasteiger partial charge in [0.1, 0.15) is 5.82 Å². The van der Waals surface area contributed by atoms with Gasteiger partial charge in [0.15, 0.2) is 16.8 Å². The molecule has 8 nitrogen and oxygen atoms in total. The van der Waals surface area contributed by atoms with Crippen LogP contribution in [-0.2, 0) is 4.79 Å². The quantitative estimate of drug-likeness (QED) is 0.318. The number of aryl methyl sites for hydroxylation is 3. The van der Waals surface area contributed by atoms with Gasteiger partial charge in [-0.3, -0.25) is 4.79 Å². The lowest BCUT2D eigenvalue weighted by Gasteiger charge is -2.54. The number of amides is 1. The zero-order chi connectivity index (χ0) is 26.1. The van der Waals surface area contributed by atoms with Crippen molar-refractivity contribution in [1.82, 2.24) is 24.8 Å². The minimum atomic E-state index is -0.406. The fourth-order valence-corrected chi connectivity index (χ4v) is 6.29. The molecule has 0 radical (unpaired) electrons. The number of anilines is 3. The Morgan fingerprint density at radius 2 is 1.92 bits per heavy atom. The van der Waals surface area contributed by atoms with E-state index in [1.807, 2.05) is 44.0 Å². The Kier molecular flexibility index (Phi) is 7.36. The highest BCUT2D eigenvalue weighted by Crippen LogP contribution is 2.34. The number of nitrogens with zero attached hydrogens (tertiary/aromatic N) is 6. The van der Waals surface area contributed by atoms with Crippen molar-refractivity contribution in [3.63, 3.8) is 0 Å². The van der Waals surface area contributed by atoms with Crippen LogP contribution in [0.4, 0.5) is 21.2 Å². The number of carbonyl (C=O) groups excluding carboxylic acids is 1. The van der Waals surface area contributed by atoms with E-state index in [9.17, 15) is 9.18 Å². The molecule has 0 saturated carbocycles. The summed E-state index contributed by atoms with van der Waals surface area (Å²) in [6.07, 6.45) is 5.16. The van der Waals surface area contributed by atoms with Crippen molar-refractivity contribution in [3.05, 3.63) is 63.1 Å². The van der Waals surface area contributed by atoms with Gasteiger partial charge in [0.05, 0.1) is 38.4 Å². The molecule has 4 aromatic heterocycles. The summed E-state index contributed by atoms with van der Waals surface area (Å²) in [5.41, 5.74) is 3.16. The zero-order valence-electron chi connectivity index (χ0n) is 20.5. The van der Waals surface area contributed by atoms with Crippen molar-refractivity contribution in [2.75, 3.05) is 23.3 Å². The smallest absolute Gasteiger partial charge is 0.210 e. The van der Waals surface area contributed by atoms with E-state index in [-0.39, 0.29) is 12.1 Å². The number of nitrogens with one attached hydrogen (secondary N) is 1. The number of hydrogen-bond acceptors (Lipinski definition) is 9. The molecule has 1 amide bonds. The minimum Gasteiger partial charge on any atom is -0.350 e. The molecule has 3 fully saturated rings. The summed E-state index contributed by atoms with van der Waals surface area (Å²) in [6, 6.07) is 5.65. The molecule has 3 aliphatic heterocycles. The maximum Gasteiger partial charge on any atom is 0.210 e. The van der Waals surface area contributed by atoms with Gasteiger partial charge < -0.3 is 15.1 Å². The van der Waals surface area contributed by atoms with Gasteiger partial charge in [-0.05, 0) is 44.9 Å². The molecule has 0 aliphatic carbocycles. The molecule has 2 atom stereocenters. The summed E-state index contributed by atoms with van der Waals surface area (Å²) in [5.74, 6) is 0.736. The monoisotopic (exact) mass is 557 g/mol. The van der Waals surface area contributed by atoms with Crippen LogP contribution in [0.2, 0.25) is 5.02 Å². The Balaban J connectivity index is 0.000000153. The first-order valence-electron chi connectivity index (χ1n) is 11.7. The number of piperazine rings is 1. The van der Waals surface area contributed by atoms with E-state index in [1.165, 1.54) is 12.3 Å². The molecule has 0 unspecified atom stereocenters. The maximum absolute atomic E-state index is 13.7. The van der Waals surface area contributed by atoms with Crippen LogP contribution in [0.1, 0.15) is 22.7 Å². The van der Waals surface area contributed by atoms with E-state index in [2.05, 4.69) is 30.6 Å². The number of fused-ring (bicyclic) bond motifs is 2. The number of pyridine rings is 2. The first kappa shape index (κ1) is 25.5. The number of hydrogen-bond donors (Lipinski definition) is 1. The third-order valence-electron chi connectivity index (χ3n) is 6.25. The lowest BCUT2D eigenvalue weighted by molar-refractivity contribution is -0.131. The summed E-state index contributed by atoms with van der Waals surface area (Å²) in [6.45, 7) is 7.34. The molecular formula is C25H25ClFN7OS2. The molecule has 37 heavy (non-hydrogen) atoms. The number of aromatic nitrogens is 4. The first-order valence-corrected chi connectivity index (χ1v) is 13.8. The van der Waals surface area contributed by atoms with E-state index in [0.717, 1.165) is 50.6 Å². The van der Waals surface area contributed by atoms with E-state index < -0.39 is 5.82 Å². The van der Waals surface area contributed by atoms with Gasteiger partial charge in [-0.25, -0.2) is 24.3 Å². The van der Waals surface area contributed by atoms with Gasteiger partial charge in [0.2, 0.25) is 6.41 Å². The summed E-state index contributed by atoms with van der Waals surface area (Å²) in [5, 5.41) is 7.49. The van der Waals surface area contributed by atoms with Crippen LogP contribution in [0.25, 0.3) is 10.6 Å². The van der Waals surface area contributed by atoms with Gasteiger partial charge in [-0.1, -0.05) is 17.7 Å². The van der Waals surface area contributed by atoms with Crippen LogP contribution in [0.15, 0.2) is 36.0 Å². The fourth-order valence-electron chi connectivity index (χ4n) is 4.48. The average Bonchev–Trinajstić information content (AvgIpc) is 3.46. The second kappa shape index (κ2) is 10.7. The standard InChI is InChI=1S/C14H14N4S2.C11H11ClFN3O/c1-8-4-5-12(15-6-8)18-14-17-11(7-19-14)13-9(2)16-10(3)20-13;12-7-1-10(13)11(14-3-7)15-4-8-2-9(5-15)16(8)6-17/h4-7H,1-3H3,(H,15,17,18);1,3,6,8-9H,2,4-5H2/t;8-,9+. The molecule has 3 aliphatic rings. The Morgan fingerprint density at radius 3 is 2.54 bits per heavy atom. The third kappa shape index (κ3) is 5.58. The van der Waals surface area contributed by atoms with Crippen molar-refractivity contribution in [1.29, 1.82) is 0 Å². The molecule has 7 heterocycles. The van der Waals surface area contributed by atoms with Crippen LogP contribution in [0, 0.1) is 26.6 Å². The predicted molar refractivity (Wildman–Crippen MR) is 146 cm³/mol. The molecule has 0 aromatic carbocycles. The summed E-state index contributed by atoms with van der Waals surface area (Å²) in [4.78, 5) is 33.0. The van der Waals surface area contributed by atoms with Gasteiger partial charge in [0, 0.05) is 30.9 Å². The van der Waals surface area contributed by atoms with Crippen LogP contribution >= 0.6 is 34.3 Å². The average molecular weight is 558 g/mol. The number of halogens is 2. The second-order valence-corrected chi connectivity index (χ2v) is 11.5. The topological polar surface area (TPSA) is 87.1 Å². The van der Waals surface area contributed by atoms with Crippen molar-refractivity contribution in [2.45, 2.75) is 39.3 Å². The van der Waals surface area contributed by atoms with Crippen LogP contribution in [0.5, 0.6) is 0 Å². The summed E-state index contributed by atoms with van der Waals surface area (Å²) >= 11 is 8.92. The van der Waals surface area contributed by atoms with Crippen molar-refractivity contribution >= 4 is 57.5 Å². The predicted octanol–water partition coefficient (Wildman–Crippen LogP) is 5.62. The molecular weight excluding hydrogens is 533 g/mol. The fraction of sp³-hybridized carbons (Fsp3) is 0.320.